The standard InChI is InChI=1S/C14H21N3O3S/c15-14(17-18)10-13(11-4-2-1-3-5-11)16-12-6-8-21(19,20)9-7-12/h1-5,12-13,16,18H,6-10H2,(H2,15,17). The molecule has 4 N–H and O–H groups in total. The van der Waals surface area contributed by atoms with E-state index in [1.54, 1.807) is 0 Å². The van der Waals surface area contributed by atoms with Gasteiger partial charge in [0.15, 0.2) is 0 Å². The number of rotatable bonds is 5. The van der Waals surface area contributed by atoms with E-state index in [4.69, 9.17) is 10.9 Å². The van der Waals surface area contributed by atoms with Gasteiger partial charge in [-0.1, -0.05) is 35.5 Å². The second-order valence-corrected chi connectivity index (χ2v) is 7.66. The van der Waals surface area contributed by atoms with E-state index >= 15 is 0 Å². The van der Waals surface area contributed by atoms with Gasteiger partial charge >= 0.3 is 0 Å². The summed E-state index contributed by atoms with van der Waals surface area (Å²) in [5.41, 5.74) is 6.66. The van der Waals surface area contributed by atoms with Crippen LogP contribution < -0.4 is 11.1 Å². The minimum atomic E-state index is -2.87. The van der Waals surface area contributed by atoms with Crippen molar-refractivity contribution >= 4 is 15.7 Å². The second-order valence-electron chi connectivity index (χ2n) is 5.35. The molecule has 0 bridgehead atoms. The highest BCUT2D eigenvalue weighted by molar-refractivity contribution is 7.91. The van der Waals surface area contributed by atoms with E-state index < -0.39 is 9.84 Å². The molecule has 0 aromatic heterocycles. The van der Waals surface area contributed by atoms with Crippen molar-refractivity contribution in [1.82, 2.24) is 5.32 Å². The molecule has 0 saturated carbocycles. The van der Waals surface area contributed by atoms with Crippen molar-refractivity contribution in [2.75, 3.05) is 11.5 Å². The number of nitrogens with zero attached hydrogens (tertiary/aromatic N) is 1. The van der Waals surface area contributed by atoms with Gasteiger partial charge in [0.1, 0.15) is 15.7 Å². The van der Waals surface area contributed by atoms with Gasteiger partial charge in [0.05, 0.1) is 11.5 Å². The summed E-state index contributed by atoms with van der Waals surface area (Å²) in [6, 6.07) is 9.78. The summed E-state index contributed by atoms with van der Waals surface area (Å²) in [5.74, 6) is 0.589. The third-order valence-corrected chi connectivity index (χ3v) is 5.45. The minimum Gasteiger partial charge on any atom is -0.409 e. The molecule has 0 aliphatic carbocycles. The first kappa shape index (κ1) is 15.8. The monoisotopic (exact) mass is 311 g/mol. The van der Waals surface area contributed by atoms with Crippen molar-refractivity contribution < 1.29 is 13.6 Å². The van der Waals surface area contributed by atoms with Crippen molar-refractivity contribution in [3.05, 3.63) is 35.9 Å². The van der Waals surface area contributed by atoms with Gasteiger partial charge < -0.3 is 16.3 Å². The molecule has 116 valence electrons. The fraction of sp³-hybridized carbons (Fsp3) is 0.500. The summed E-state index contributed by atoms with van der Waals surface area (Å²) in [5, 5.41) is 15.2. The Hall–Kier alpha value is -1.60. The molecule has 1 aliphatic rings. The highest BCUT2D eigenvalue weighted by atomic mass is 32.2. The summed E-state index contributed by atoms with van der Waals surface area (Å²) in [7, 11) is -2.87. The first-order valence-electron chi connectivity index (χ1n) is 6.98. The Balaban J connectivity index is 2.06. The fourth-order valence-electron chi connectivity index (χ4n) is 2.55. The zero-order chi connectivity index (χ0) is 15.3. The van der Waals surface area contributed by atoms with E-state index in [1.165, 1.54) is 0 Å². The number of benzene rings is 1. The molecule has 0 radical (unpaired) electrons. The Morgan fingerprint density at radius 1 is 1.33 bits per heavy atom. The Kier molecular flexibility index (Phi) is 5.19. The van der Waals surface area contributed by atoms with Crippen LogP contribution in [0.4, 0.5) is 0 Å². The van der Waals surface area contributed by atoms with E-state index in [-0.39, 0.29) is 29.4 Å². The lowest BCUT2D eigenvalue weighted by atomic mass is 10.0. The van der Waals surface area contributed by atoms with Crippen molar-refractivity contribution in [1.29, 1.82) is 0 Å². The van der Waals surface area contributed by atoms with Crippen LogP contribution in [0.15, 0.2) is 35.5 Å². The normalized spacial score (nSPS) is 21.0. The molecule has 0 spiro atoms. The average Bonchev–Trinajstić information content (AvgIpc) is 2.49. The number of hydrogen-bond acceptors (Lipinski definition) is 5. The highest BCUT2D eigenvalue weighted by Gasteiger charge is 2.26. The van der Waals surface area contributed by atoms with Gasteiger partial charge in [-0.05, 0) is 18.4 Å². The highest BCUT2D eigenvalue weighted by Crippen LogP contribution is 2.21. The SMILES string of the molecule is NC(CC(NC1CCS(=O)(=O)CC1)c1ccccc1)=NO. The van der Waals surface area contributed by atoms with Crippen molar-refractivity contribution in [2.45, 2.75) is 31.3 Å². The number of sulfone groups is 1. The molecule has 1 aromatic rings. The van der Waals surface area contributed by atoms with Crippen LogP contribution in [0.2, 0.25) is 0 Å². The zero-order valence-electron chi connectivity index (χ0n) is 11.8. The summed E-state index contributed by atoms with van der Waals surface area (Å²) >= 11 is 0. The van der Waals surface area contributed by atoms with Crippen LogP contribution in [0.5, 0.6) is 0 Å². The second kappa shape index (κ2) is 6.91. The van der Waals surface area contributed by atoms with Crippen LogP contribution in [0.25, 0.3) is 0 Å². The summed E-state index contributed by atoms with van der Waals surface area (Å²) in [4.78, 5) is 0. The third kappa shape index (κ3) is 4.71. The summed E-state index contributed by atoms with van der Waals surface area (Å²) < 4.78 is 23.0. The third-order valence-electron chi connectivity index (χ3n) is 3.74. The number of hydrogen-bond donors (Lipinski definition) is 3. The van der Waals surface area contributed by atoms with Crippen LogP contribution in [0.3, 0.4) is 0 Å². The van der Waals surface area contributed by atoms with E-state index in [9.17, 15) is 8.42 Å². The Bertz CT molecular complexity index is 573. The number of nitrogens with one attached hydrogen (secondary N) is 1. The van der Waals surface area contributed by atoms with E-state index in [2.05, 4.69) is 10.5 Å². The molecule has 2 rings (SSSR count). The molecule has 0 amide bonds. The van der Waals surface area contributed by atoms with Gasteiger partial charge in [-0.3, -0.25) is 0 Å². The van der Waals surface area contributed by atoms with Crippen molar-refractivity contribution in [3.63, 3.8) is 0 Å². The zero-order valence-corrected chi connectivity index (χ0v) is 12.6. The Labute approximate surface area is 125 Å². The molecule has 1 atom stereocenters. The van der Waals surface area contributed by atoms with E-state index in [0.717, 1.165) is 5.56 Å². The van der Waals surface area contributed by atoms with Gasteiger partial charge in [-0.25, -0.2) is 8.42 Å². The van der Waals surface area contributed by atoms with Crippen molar-refractivity contribution in [2.24, 2.45) is 10.9 Å². The molecule has 1 fully saturated rings. The van der Waals surface area contributed by atoms with Crippen LogP contribution in [0.1, 0.15) is 30.9 Å². The van der Waals surface area contributed by atoms with E-state index in [1.807, 2.05) is 30.3 Å². The van der Waals surface area contributed by atoms with Crippen LogP contribution in [-0.2, 0) is 9.84 Å². The van der Waals surface area contributed by atoms with Crippen LogP contribution in [-0.4, -0.2) is 37.0 Å². The topological polar surface area (TPSA) is 105 Å². The molecular weight excluding hydrogens is 290 g/mol. The predicted molar refractivity (Wildman–Crippen MR) is 82.0 cm³/mol. The van der Waals surface area contributed by atoms with Gasteiger partial charge in [0.2, 0.25) is 0 Å². The number of nitrogens with two attached hydrogens (primary N) is 1. The van der Waals surface area contributed by atoms with Gasteiger partial charge in [0.25, 0.3) is 0 Å². The van der Waals surface area contributed by atoms with Gasteiger partial charge in [-0.2, -0.15) is 0 Å². The summed E-state index contributed by atoms with van der Waals surface area (Å²) in [6.07, 6.45) is 1.58. The number of oxime groups is 1. The first-order valence-corrected chi connectivity index (χ1v) is 8.80. The van der Waals surface area contributed by atoms with Crippen LogP contribution in [0, 0.1) is 0 Å². The lowest BCUT2D eigenvalue weighted by molar-refractivity contribution is 0.314. The molecule has 1 heterocycles. The first-order chi connectivity index (χ1) is 10.00. The van der Waals surface area contributed by atoms with E-state index in [0.29, 0.717) is 19.3 Å². The molecule has 6 nitrogen and oxygen atoms in total. The Morgan fingerprint density at radius 3 is 2.52 bits per heavy atom. The molecule has 1 aliphatic heterocycles. The maximum absolute atomic E-state index is 11.5. The smallest absolute Gasteiger partial charge is 0.150 e. The maximum Gasteiger partial charge on any atom is 0.150 e. The minimum absolute atomic E-state index is 0.0899. The molecule has 7 heteroatoms. The molecule has 1 saturated heterocycles. The maximum atomic E-state index is 11.5. The molecule has 1 unspecified atom stereocenters. The molecular formula is C14H21N3O3S. The number of amidine groups is 1. The average molecular weight is 311 g/mol. The largest absolute Gasteiger partial charge is 0.409 e. The van der Waals surface area contributed by atoms with Crippen LogP contribution >= 0.6 is 0 Å². The van der Waals surface area contributed by atoms with Gasteiger partial charge in [0, 0.05) is 18.5 Å². The predicted octanol–water partition coefficient (Wildman–Crippen LogP) is 1.03. The molecule has 1 aromatic carbocycles. The lowest BCUT2D eigenvalue weighted by Gasteiger charge is -2.28. The Morgan fingerprint density at radius 2 is 1.95 bits per heavy atom. The molecule has 21 heavy (non-hydrogen) atoms. The lowest BCUT2D eigenvalue weighted by Crippen LogP contribution is -2.40. The fourth-order valence-corrected chi connectivity index (χ4v) is 4.04. The van der Waals surface area contributed by atoms with Crippen molar-refractivity contribution in [3.8, 4) is 0 Å². The van der Waals surface area contributed by atoms with Gasteiger partial charge in [-0.15, -0.1) is 0 Å². The summed E-state index contributed by atoms with van der Waals surface area (Å²) in [6.45, 7) is 0. The quantitative estimate of drug-likeness (QED) is 0.326.